The Kier molecular flexibility index (Phi) is 4.31. The minimum absolute atomic E-state index is 0.870. The molecule has 2 aromatic rings. The second-order valence-electron chi connectivity index (χ2n) is 3.94. The average molecular weight is 306 g/mol. The van der Waals surface area contributed by atoms with Crippen molar-refractivity contribution in [3.63, 3.8) is 0 Å². The van der Waals surface area contributed by atoms with Crippen LogP contribution in [0.4, 0.5) is 5.69 Å². The van der Waals surface area contributed by atoms with Crippen LogP contribution in [0.2, 0.25) is 0 Å². The maximum atomic E-state index is 4.35. The molecule has 0 aliphatic rings. The third kappa shape index (κ3) is 2.70. The molecule has 2 rings (SSSR count). The van der Waals surface area contributed by atoms with Gasteiger partial charge in [-0.1, -0.05) is 45.4 Å². The quantitative estimate of drug-likeness (QED) is 0.580. The van der Waals surface area contributed by atoms with Crippen LogP contribution in [0.3, 0.4) is 0 Å². The molecule has 4 heteroatoms. The smallest absolute Gasteiger partial charge is 0.0953 e. The van der Waals surface area contributed by atoms with Crippen molar-refractivity contribution in [3.8, 4) is 0 Å². The first-order valence-corrected chi connectivity index (χ1v) is 6.89. The van der Waals surface area contributed by atoms with Gasteiger partial charge in [-0.15, -0.1) is 5.11 Å². The van der Waals surface area contributed by atoms with E-state index in [-0.39, 0.29) is 0 Å². The number of benzene rings is 2. The summed E-state index contributed by atoms with van der Waals surface area (Å²) >= 11 is 3.56. The zero-order valence-corrected chi connectivity index (χ0v) is 12.2. The van der Waals surface area contributed by atoms with Crippen molar-refractivity contribution in [1.29, 1.82) is 0 Å². The lowest BCUT2D eigenvalue weighted by Gasteiger charge is -2.11. The molecule has 94 valence electrons. The summed E-state index contributed by atoms with van der Waals surface area (Å²) in [7, 11) is 0. The molecule has 0 amide bonds. The number of hydrogen-bond donors (Lipinski definition) is 0. The van der Waals surface area contributed by atoms with Gasteiger partial charge in [0.05, 0.1) is 5.69 Å². The van der Waals surface area contributed by atoms with Gasteiger partial charge in [-0.25, -0.2) is 0 Å². The summed E-state index contributed by atoms with van der Waals surface area (Å²) in [5.41, 5.74) is 0.903. The molecule has 0 spiro atoms. The van der Waals surface area contributed by atoms with E-state index in [1.165, 1.54) is 0 Å². The number of hydrogen-bond acceptors (Lipinski definition) is 2. The standard InChI is InChI=1S/C14H16BrN3/c1-3-18(4-2)17-16-14-10-9-13(15)11-7-5-6-8-12(11)14/h5-10H,3-4H2,1-2H3. The minimum atomic E-state index is 0.870. The molecule has 0 unspecified atom stereocenters. The molecule has 0 atom stereocenters. The lowest BCUT2D eigenvalue weighted by molar-refractivity contribution is 0.301. The second-order valence-corrected chi connectivity index (χ2v) is 4.79. The molecule has 0 saturated heterocycles. The lowest BCUT2D eigenvalue weighted by Crippen LogP contribution is -2.14. The lowest BCUT2D eigenvalue weighted by atomic mass is 10.1. The van der Waals surface area contributed by atoms with Crippen LogP contribution in [0.25, 0.3) is 10.8 Å². The van der Waals surface area contributed by atoms with Gasteiger partial charge in [0.1, 0.15) is 0 Å². The van der Waals surface area contributed by atoms with Crippen molar-refractivity contribution in [2.45, 2.75) is 13.8 Å². The maximum absolute atomic E-state index is 4.35. The molecule has 3 nitrogen and oxygen atoms in total. The van der Waals surface area contributed by atoms with Crippen molar-refractivity contribution in [2.75, 3.05) is 13.1 Å². The molecule has 0 aromatic heterocycles. The van der Waals surface area contributed by atoms with Crippen LogP contribution in [-0.2, 0) is 0 Å². The van der Waals surface area contributed by atoms with Crippen molar-refractivity contribution in [1.82, 2.24) is 5.01 Å². The van der Waals surface area contributed by atoms with Crippen molar-refractivity contribution >= 4 is 32.4 Å². The van der Waals surface area contributed by atoms with Gasteiger partial charge in [-0.3, -0.25) is 5.01 Å². The Labute approximate surface area is 116 Å². The SMILES string of the molecule is CCN(CC)N=Nc1ccc(Br)c2ccccc12. The Morgan fingerprint density at radius 1 is 1.00 bits per heavy atom. The molecular weight excluding hydrogens is 290 g/mol. The van der Waals surface area contributed by atoms with Crippen molar-refractivity contribution in [3.05, 3.63) is 40.9 Å². The monoisotopic (exact) mass is 305 g/mol. The summed E-state index contributed by atoms with van der Waals surface area (Å²) in [5.74, 6) is 0. The zero-order chi connectivity index (χ0) is 13.0. The second kappa shape index (κ2) is 5.96. The summed E-state index contributed by atoms with van der Waals surface area (Å²) in [6, 6.07) is 12.2. The highest BCUT2D eigenvalue weighted by molar-refractivity contribution is 9.10. The summed E-state index contributed by atoms with van der Waals surface area (Å²) in [5, 5.41) is 12.8. The Bertz CT molecular complexity index is 562. The third-order valence-corrected chi connectivity index (χ3v) is 3.55. The first-order valence-electron chi connectivity index (χ1n) is 6.10. The van der Waals surface area contributed by atoms with Gasteiger partial charge in [0.2, 0.25) is 0 Å². The fourth-order valence-electron chi connectivity index (χ4n) is 1.80. The summed E-state index contributed by atoms with van der Waals surface area (Å²) in [6.45, 7) is 5.88. The molecule has 0 bridgehead atoms. The van der Waals surface area contributed by atoms with E-state index in [0.717, 1.165) is 34.0 Å². The molecule has 0 aliphatic heterocycles. The highest BCUT2D eigenvalue weighted by Gasteiger charge is 2.03. The predicted molar refractivity (Wildman–Crippen MR) is 79.1 cm³/mol. The van der Waals surface area contributed by atoms with Crippen LogP contribution in [-0.4, -0.2) is 18.1 Å². The Morgan fingerprint density at radius 2 is 1.67 bits per heavy atom. The topological polar surface area (TPSA) is 28.0 Å². The summed E-state index contributed by atoms with van der Waals surface area (Å²) in [6.07, 6.45) is 0. The number of nitrogens with zero attached hydrogens (tertiary/aromatic N) is 3. The van der Waals surface area contributed by atoms with Crippen LogP contribution >= 0.6 is 15.9 Å². The van der Waals surface area contributed by atoms with Crippen LogP contribution in [0.15, 0.2) is 51.2 Å². The van der Waals surface area contributed by atoms with Gasteiger partial charge in [0.25, 0.3) is 0 Å². The van der Waals surface area contributed by atoms with E-state index in [0.29, 0.717) is 0 Å². The molecular formula is C14H16BrN3. The first-order chi connectivity index (χ1) is 8.76. The van der Waals surface area contributed by atoms with Crippen molar-refractivity contribution in [2.24, 2.45) is 10.3 Å². The van der Waals surface area contributed by atoms with E-state index in [1.54, 1.807) is 0 Å². The highest BCUT2D eigenvalue weighted by atomic mass is 79.9. The minimum Gasteiger partial charge on any atom is -0.279 e. The van der Waals surface area contributed by atoms with Gasteiger partial charge in [0, 0.05) is 22.9 Å². The van der Waals surface area contributed by atoms with Crippen LogP contribution in [0.1, 0.15) is 13.8 Å². The van der Waals surface area contributed by atoms with E-state index in [1.807, 2.05) is 29.3 Å². The van der Waals surface area contributed by atoms with Crippen molar-refractivity contribution < 1.29 is 0 Å². The van der Waals surface area contributed by atoms with Crippen LogP contribution in [0, 0.1) is 0 Å². The molecule has 0 saturated carbocycles. The van der Waals surface area contributed by atoms with E-state index < -0.39 is 0 Å². The molecule has 18 heavy (non-hydrogen) atoms. The van der Waals surface area contributed by atoms with Gasteiger partial charge in [0.15, 0.2) is 0 Å². The normalized spacial score (nSPS) is 11.3. The Balaban J connectivity index is 2.43. The third-order valence-electron chi connectivity index (χ3n) is 2.86. The predicted octanol–water partition coefficient (Wildman–Crippen LogP) is 4.94. The van der Waals surface area contributed by atoms with Gasteiger partial charge >= 0.3 is 0 Å². The maximum Gasteiger partial charge on any atom is 0.0953 e. The molecule has 0 aliphatic carbocycles. The van der Waals surface area contributed by atoms with E-state index in [2.05, 4.69) is 52.2 Å². The number of fused-ring (bicyclic) bond motifs is 1. The summed E-state index contributed by atoms with van der Waals surface area (Å²) in [4.78, 5) is 0. The van der Waals surface area contributed by atoms with E-state index in [9.17, 15) is 0 Å². The van der Waals surface area contributed by atoms with Gasteiger partial charge in [-0.2, -0.15) is 0 Å². The fourth-order valence-corrected chi connectivity index (χ4v) is 2.27. The zero-order valence-electron chi connectivity index (χ0n) is 10.6. The molecule has 0 N–H and O–H groups in total. The summed E-state index contributed by atoms with van der Waals surface area (Å²) < 4.78 is 1.08. The van der Waals surface area contributed by atoms with E-state index >= 15 is 0 Å². The largest absolute Gasteiger partial charge is 0.279 e. The van der Waals surface area contributed by atoms with Gasteiger partial charge < -0.3 is 0 Å². The van der Waals surface area contributed by atoms with Crippen LogP contribution < -0.4 is 0 Å². The Hall–Kier alpha value is -1.42. The number of halogens is 1. The number of rotatable bonds is 4. The van der Waals surface area contributed by atoms with E-state index in [4.69, 9.17) is 0 Å². The first kappa shape index (κ1) is 13.0. The van der Waals surface area contributed by atoms with Crippen LogP contribution in [0.5, 0.6) is 0 Å². The molecule has 0 radical (unpaired) electrons. The molecule has 0 heterocycles. The Morgan fingerprint density at radius 3 is 2.33 bits per heavy atom. The highest BCUT2D eigenvalue weighted by Crippen LogP contribution is 2.31. The fraction of sp³-hybridized carbons (Fsp3) is 0.286. The average Bonchev–Trinajstić information content (AvgIpc) is 2.42. The molecule has 0 fully saturated rings. The van der Waals surface area contributed by atoms with Gasteiger partial charge in [-0.05, 0) is 31.4 Å². The molecule has 2 aromatic carbocycles.